The van der Waals surface area contributed by atoms with Crippen LogP contribution in [0.25, 0.3) is 0 Å². The Hall–Kier alpha value is 3.37. The van der Waals surface area contributed by atoms with E-state index in [-0.39, 0.29) is 106 Å². The fourth-order valence-electron chi connectivity index (χ4n) is 0. The molecule has 0 saturated heterocycles. The predicted molar refractivity (Wildman–Crippen MR) is 11.2 cm³/mol. The quantitative estimate of drug-likeness (QED) is 0.235. The van der Waals surface area contributed by atoms with E-state index < -0.39 is 0 Å². The van der Waals surface area contributed by atoms with Gasteiger partial charge in [-0.05, 0) is 0 Å². The van der Waals surface area contributed by atoms with Gasteiger partial charge in [-0.25, -0.2) is 0 Å². The first kappa shape index (κ1) is 15.7. The first-order valence-electron chi connectivity index (χ1n) is 0.204. The SMILES string of the molecule is O=P.[H-].[H-].[K+].[K+]. The average molecular weight is 128 g/mol. The summed E-state index contributed by atoms with van der Waals surface area (Å²) in [5.41, 5.74) is 0. The molecule has 4 heavy (non-hydrogen) atoms. The van der Waals surface area contributed by atoms with Crippen molar-refractivity contribution in [2.75, 3.05) is 0 Å². The second-order valence-corrected chi connectivity index (χ2v) is 0. The zero-order valence-electron chi connectivity index (χ0n) is 4.91. The molecule has 0 amide bonds. The first-order valence-corrected chi connectivity index (χ1v) is 0.612. The van der Waals surface area contributed by atoms with Crippen molar-refractivity contribution >= 4 is 9.12 Å². The molecule has 0 aromatic rings. The third-order valence-electron chi connectivity index (χ3n) is 0. The van der Waals surface area contributed by atoms with Crippen LogP contribution in [0.3, 0.4) is 0 Å². The van der Waals surface area contributed by atoms with Crippen molar-refractivity contribution in [2.24, 2.45) is 0 Å². The van der Waals surface area contributed by atoms with Gasteiger partial charge in [0.05, 0.1) is 0 Å². The van der Waals surface area contributed by atoms with Crippen molar-refractivity contribution in [1.82, 2.24) is 0 Å². The molecule has 0 bridgehead atoms. The molecule has 0 atom stereocenters. The first-order chi connectivity index (χ1) is 1.00. The topological polar surface area (TPSA) is 17.1 Å². The molecule has 0 heterocycles. The molecule has 1 nitrogen and oxygen atoms in total. The third kappa shape index (κ3) is 9.03. The van der Waals surface area contributed by atoms with Gasteiger partial charge < -0.3 is 2.85 Å². The molecule has 0 aromatic carbocycles. The standard InChI is InChI=1S/2K.HOP.2H/c;;1-2;;/h;;2H;;/q2*+1;;2*-1. The summed E-state index contributed by atoms with van der Waals surface area (Å²) < 4.78 is 8.06. The Labute approximate surface area is 116 Å². The van der Waals surface area contributed by atoms with Crippen LogP contribution >= 0.6 is 9.12 Å². The molecule has 0 aliphatic rings. The molecule has 0 fully saturated rings. The van der Waals surface area contributed by atoms with Crippen LogP contribution in [0.1, 0.15) is 2.85 Å². The van der Waals surface area contributed by atoms with Crippen LogP contribution in [-0.4, -0.2) is 0 Å². The van der Waals surface area contributed by atoms with Crippen LogP contribution in [0.5, 0.6) is 0 Å². The van der Waals surface area contributed by atoms with Gasteiger partial charge in [-0.1, -0.05) is 0 Å². The summed E-state index contributed by atoms with van der Waals surface area (Å²) in [7, 11) is 1.72. The largest absolute Gasteiger partial charge is 1.00 e. The van der Waals surface area contributed by atoms with E-state index in [2.05, 4.69) is 0 Å². The summed E-state index contributed by atoms with van der Waals surface area (Å²) in [6, 6.07) is 0. The van der Waals surface area contributed by atoms with Crippen LogP contribution < -0.4 is 103 Å². The summed E-state index contributed by atoms with van der Waals surface area (Å²) in [6.07, 6.45) is 0. The average Bonchev–Trinajstić information content (AvgIpc) is 1.00. The Balaban J connectivity index is -0.000000000833. The Morgan fingerprint density at radius 3 is 1.25 bits per heavy atom. The van der Waals surface area contributed by atoms with E-state index in [4.69, 9.17) is 4.57 Å². The van der Waals surface area contributed by atoms with Gasteiger partial charge in [0.15, 0.2) is 0 Å². The van der Waals surface area contributed by atoms with Gasteiger partial charge in [0.25, 0.3) is 0 Å². The summed E-state index contributed by atoms with van der Waals surface area (Å²) >= 11 is 0. The van der Waals surface area contributed by atoms with Gasteiger partial charge in [-0.15, -0.1) is 0 Å². The molecule has 0 N–H and O–H groups in total. The molecule has 0 aliphatic heterocycles. The van der Waals surface area contributed by atoms with Crippen LogP contribution in [0.2, 0.25) is 0 Å². The van der Waals surface area contributed by atoms with Crippen LogP contribution in [0.4, 0.5) is 0 Å². The van der Waals surface area contributed by atoms with E-state index in [0.29, 0.717) is 0 Å². The molecule has 16 valence electrons. The Kier molecular flexibility index (Phi) is 63.3. The van der Waals surface area contributed by atoms with Crippen LogP contribution in [0.15, 0.2) is 0 Å². The molecule has 0 radical (unpaired) electrons. The van der Waals surface area contributed by atoms with Crippen molar-refractivity contribution in [2.45, 2.75) is 0 Å². The van der Waals surface area contributed by atoms with E-state index in [1.807, 2.05) is 0 Å². The zero-order chi connectivity index (χ0) is 2.00. The van der Waals surface area contributed by atoms with Gasteiger partial charge >= 0.3 is 103 Å². The molecular weight excluding hydrogens is 125 g/mol. The van der Waals surface area contributed by atoms with Gasteiger partial charge in [0, 0.05) is 0 Å². The fourth-order valence-corrected chi connectivity index (χ4v) is 0. The molecule has 0 spiro atoms. The minimum Gasteiger partial charge on any atom is -1.00 e. The van der Waals surface area contributed by atoms with Crippen LogP contribution in [0, 0.1) is 0 Å². The van der Waals surface area contributed by atoms with E-state index in [0.717, 1.165) is 0 Å². The second kappa shape index (κ2) is 16.2. The number of rotatable bonds is 0. The second-order valence-electron chi connectivity index (χ2n) is 0. The van der Waals surface area contributed by atoms with Crippen molar-refractivity contribution < 1.29 is 110 Å². The Morgan fingerprint density at radius 1 is 1.25 bits per heavy atom. The molecule has 0 aliphatic carbocycles. The van der Waals surface area contributed by atoms with Crippen molar-refractivity contribution in [3.63, 3.8) is 0 Å². The van der Waals surface area contributed by atoms with Gasteiger partial charge in [0.2, 0.25) is 0 Å². The molecule has 0 saturated carbocycles. The van der Waals surface area contributed by atoms with E-state index in [9.17, 15) is 0 Å². The minimum absolute atomic E-state index is 0. The molecule has 0 rings (SSSR count). The summed E-state index contributed by atoms with van der Waals surface area (Å²) in [4.78, 5) is 0. The van der Waals surface area contributed by atoms with Gasteiger partial charge in [0.1, 0.15) is 9.12 Å². The fraction of sp³-hybridized carbons (Fsp3) is 0. The number of hydrogen-bond acceptors (Lipinski definition) is 1. The van der Waals surface area contributed by atoms with E-state index in [1.54, 1.807) is 9.12 Å². The maximum absolute atomic E-state index is 8.06. The smallest absolute Gasteiger partial charge is 1.00 e. The zero-order valence-corrected chi connectivity index (χ0v) is 10.2. The van der Waals surface area contributed by atoms with Crippen molar-refractivity contribution in [1.29, 1.82) is 0 Å². The van der Waals surface area contributed by atoms with Gasteiger partial charge in [-0.2, -0.15) is 0 Å². The van der Waals surface area contributed by atoms with Crippen LogP contribution in [-0.2, 0) is 4.57 Å². The van der Waals surface area contributed by atoms with Gasteiger partial charge in [-0.3, -0.25) is 4.57 Å². The van der Waals surface area contributed by atoms with Crippen molar-refractivity contribution in [3.8, 4) is 0 Å². The normalized spacial score (nSPS) is 1.00. The minimum atomic E-state index is 0. The predicted octanol–water partition coefficient (Wildman–Crippen LogP) is -5.29. The summed E-state index contributed by atoms with van der Waals surface area (Å²) in [6.45, 7) is 0. The van der Waals surface area contributed by atoms with Crippen molar-refractivity contribution in [3.05, 3.63) is 0 Å². The summed E-state index contributed by atoms with van der Waals surface area (Å²) in [5.74, 6) is 0. The van der Waals surface area contributed by atoms with E-state index in [1.165, 1.54) is 0 Å². The maximum atomic E-state index is 8.06. The molecule has 0 unspecified atom stereocenters. The maximum Gasteiger partial charge on any atom is 1.00 e. The summed E-state index contributed by atoms with van der Waals surface area (Å²) in [5, 5.41) is 0. The monoisotopic (exact) mass is 128 g/mol. The molecular formula is H3K2OP. The van der Waals surface area contributed by atoms with E-state index >= 15 is 0 Å². The Morgan fingerprint density at radius 2 is 1.25 bits per heavy atom. The number of hydrogen-bond donors (Lipinski definition) is 0. The molecule has 4 heteroatoms. The third-order valence-corrected chi connectivity index (χ3v) is 0. The molecule has 0 aromatic heterocycles. The Bertz CT molecular complexity index is 11.5.